The molecule has 0 aliphatic carbocycles. The Balaban J connectivity index is 2.73. The van der Waals surface area contributed by atoms with E-state index in [-0.39, 0.29) is 24.0 Å². The number of amides is 1. The van der Waals surface area contributed by atoms with Crippen molar-refractivity contribution in [3.05, 3.63) is 35.9 Å². The molecule has 0 aliphatic rings. The molecule has 0 saturated carbocycles. The van der Waals surface area contributed by atoms with Gasteiger partial charge >= 0.3 is 0 Å². The van der Waals surface area contributed by atoms with E-state index in [1.807, 2.05) is 30.3 Å². The summed E-state index contributed by atoms with van der Waals surface area (Å²) < 4.78 is 0. The predicted octanol–water partition coefficient (Wildman–Crippen LogP) is 3.05. The van der Waals surface area contributed by atoms with Gasteiger partial charge in [-0.25, -0.2) is 0 Å². The average Bonchev–Trinajstić information content (AvgIpc) is 2.35. The van der Waals surface area contributed by atoms with E-state index in [4.69, 9.17) is 5.11 Å². The van der Waals surface area contributed by atoms with Crippen LogP contribution in [-0.4, -0.2) is 17.6 Å². The molecule has 1 aromatic rings. The molecule has 106 valence electrons. The molecule has 3 heteroatoms. The number of aliphatic hydroxyl groups excluding tert-OH is 1. The fourth-order valence-corrected chi connectivity index (χ4v) is 2.06. The molecule has 0 bridgehead atoms. The molecule has 19 heavy (non-hydrogen) atoms. The Morgan fingerprint density at radius 3 is 2.42 bits per heavy atom. The Morgan fingerprint density at radius 2 is 1.89 bits per heavy atom. The minimum atomic E-state index is 0.00662. The monoisotopic (exact) mass is 263 g/mol. The molecule has 1 unspecified atom stereocenters. The van der Waals surface area contributed by atoms with Gasteiger partial charge in [0.2, 0.25) is 5.91 Å². The van der Waals surface area contributed by atoms with Crippen molar-refractivity contribution in [2.24, 2.45) is 5.41 Å². The first-order valence-corrected chi connectivity index (χ1v) is 6.87. The van der Waals surface area contributed by atoms with Crippen molar-refractivity contribution in [2.75, 3.05) is 6.61 Å². The number of carbonyl (C=O) groups excluding carboxylic acids is 1. The van der Waals surface area contributed by atoms with E-state index < -0.39 is 0 Å². The molecule has 1 amide bonds. The highest BCUT2D eigenvalue weighted by molar-refractivity contribution is 5.76. The van der Waals surface area contributed by atoms with Crippen molar-refractivity contribution >= 4 is 5.91 Å². The van der Waals surface area contributed by atoms with Gasteiger partial charge in [-0.3, -0.25) is 4.79 Å². The van der Waals surface area contributed by atoms with Crippen LogP contribution in [0, 0.1) is 5.41 Å². The van der Waals surface area contributed by atoms with Crippen LogP contribution in [0.15, 0.2) is 30.3 Å². The molecule has 1 atom stereocenters. The summed E-state index contributed by atoms with van der Waals surface area (Å²) in [6.45, 7) is 6.57. The van der Waals surface area contributed by atoms with Gasteiger partial charge in [-0.05, 0) is 23.8 Å². The zero-order valence-corrected chi connectivity index (χ0v) is 12.1. The van der Waals surface area contributed by atoms with Crippen LogP contribution in [0.1, 0.15) is 51.6 Å². The van der Waals surface area contributed by atoms with Crippen LogP contribution in [0.25, 0.3) is 0 Å². The highest BCUT2D eigenvalue weighted by atomic mass is 16.3. The number of aliphatic hydroxyl groups is 1. The van der Waals surface area contributed by atoms with E-state index in [2.05, 4.69) is 26.1 Å². The SMILES string of the molecule is CC(C)(C)CC(NC(=O)CCCO)c1ccccc1. The molecule has 0 saturated heterocycles. The molecular formula is C16H25NO2. The maximum absolute atomic E-state index is 11.8. The number of rotatable bonds is 6. The standard InChI is InChI=1S/C16H25NO2/c1-16(2,3)12-14(13-8-5-4-6-9-13)17-15(19)10-7-11-18/h4-6,8-9,14,18H,7,10-12H2,1-3H3,(H,17,19). The van der Waals surface area contributed by atoms with E-state index in [1.165, 1.54) is 0 Å². The summed E-state index contributed by atoms with van der Waals surface area (Å²) in [5.41, 5.74) is 1.28. The van der Waals surface area contributed by atoms with E-state index >= 15 is 0 Å². The minimum absolute atomic E-state index is 0.00662. The molecule has 0 spiro atoms. The number of carbonyl (C=O) groups is 1. The lowest BCUT2D eigenvalue weighted by molar-refractivity contribution is -0.122. The molecule has 2 N–H and O–H groups in total. The van der Waals surface area contributed by atoms with Crippen LogP contribution < -0.4 is 5.32 Å². The molecule has 0 aliphatic heterocycles. The largest absolute Gasteiger partial charge is 0.396 e. The third-order valence-electron chi connectivity index (χ3n) is 2.92. The summed E-state index contributed by atoms with van der Waals surface area (Å²) >= 11 is 0. The number of nitrogens with one attached hydrogen (secondary N) is 1. The quantitative estimate of drug-likeness (QED) is 0.828. The Kier molecular flexibility index (Phi) is 6.03. The third kappa shape index (κ3) is 6.39. The van der Waals surface area contributed by atoms with E-state index in [1.54, 1.807) is 0 Å². The number of hydrogen-bond acceptors (Lipinski definition) is 2. The Morgan fingerprint density at radius 1 is 1.26 bits per heavy atom. The van der Waals surface area contributed by atoms with Gasteiger partial charge in [0.05, 0.1) is 6.04 Å². The predicted molar refractivity (Wildman–Crippen MR) is 77.7 cm³/mol. The summed E-state index contributed by atoms with van der Waals surface area (Å²) in [6.07, 6.45) is 1.79. The second kappa shape index (κ2) is 7.29. The first-order chi connectivity index (χ1) is 8.92. The van der Waals surface area contributed by atoms with Crippen LogP contribution in [0.4, 0.5) is 0 Å². The second-order valence-electron chi connectivity index (χ2n) is 6.12. The summed E-state index contributed by atoms with van der Waals surface area (Å²) in [5, 5.41) is 11.8. The maximum atomic E-state index is 11.8. The fraction of sp³-hybridized carbons (Fsp3) is 0.562. The van der Waals surface area contributed by atoms with Gasteiger partial charge in [-0.2, -0.15) is 0 Å². The zero-order valence-electron chi connectivity index (χ0n) is 12.1. The van der Waals surface area contributed by atoms with Gasteiger partial charge in [0.15, 0.2) is 0 Å². The van der Waals surface area contributed by atoms with Crippen molar-refractivity contribution in [1.82, 2.24) is 5.32 Å². The van der Waals surface area contributed by atoms with Crippen molar-refractivity contribution in [2.45, 2.75) is 46.1 Å². The lowest BCUT2D eigenvalue weighted by Gasteiger charge is -2.27. The molecule has 0 aromatic heterocycles. The number of hydrogen-bond donors (Lipinski definition) is 2. The van der Waals surface area contributed by atoms with Crippen molar-refractivity contribution in [3.63, 3.8) is 0 Å². The summed E-state index contributed by atoms with van der Waals surface area (Å²) in [6, 6.07) is 10.1. The van der Waals surface area contributed by atoms with E-state index in [9.17, 15) is 4.79 Å². The first-order valence-electron chi connectivity index (χ1n) is 6.87. The van der Waals surface area contributed by atoms with Crippen molar-refractivity contribution in [1.29, 1.82) is 0 Å². The van der Waals surface area contributed by atoms with Gasteiger partial charge in [-0.15, -0.1) is 0 Å². The Labute approximate surface area is 116 Å². The molecule has 1 aromatic carbocycles. The topological polar surface area (TPSA) is 49.3 Å². The van der Waals surface area contributed by atoms with Gasteiger partial charge in [-0.1, -0.05) is 51.1 Å². The highest BCUT2D eigenvalue weighted by Gasteiger charge is 2.21. The second-order valence-corrected chi connectivity index (χ2v) is 6.12. The fourth-order valence-electron chi connectivity index (χ4n) is 2.06. The third-order valence-corrected chi connectivity index (χ3v) is 2.92. The smallest absolute Gasteiger partial charge is 0.220 e. The molecule has 0 heterocycles. The van der Waals surface area contributed by atoms with Gasteiger partial charge < -0.3 is 10.4 Å². The lowest BCUT2D eigenvalue weighted by atomic mass is 9.85. The molecular weight excluding hydrogens is 238 g/mol. The van der Waals surface area contributed by atoms with Crippen molar-refractivity contribution < 1.29 is 9.90 Å². The van der Waals surface area contributed by atoms with Crippen LogP contribution in [0.5, 0.6) is 0 Å². The molecule has 0 radical (unpaired) electrons. The summed E-state index contributed by atoms with van der Waals surface area (Å²) in [7, 11) is 0. The Bertz CT molecular complexity index is 381. The molecule has 0 fully saturated rings. The number of benzene rings is 1. The molecule has 3 nitrogen and oxygen atoms in total. The van der Waals surface area contributed by atoms with Crippen molar-refractivity contribution in [3.8, 4) is 0 Å². The van der Waals surface area contributed by atoms with Crippen LogP contribution >= 0.6 is 0 Å². The summed E-state index contributed by atoms with van der Waals surface area (Å²) in [4.78, 5) is 11.8. The van der Waals surface area contributed by atoms with Gasteiger partial charge in [0.1, 0.15) is 0 Å². The lowest BCUT2D eigenvalue weighted by Crippen LogP contribution is -2.31. The van der Waals surface area contributed by atoms with E-state index in [0.717, 1.165) is 12.0 Å². The van der Waals surface area contributed by atoms with Crippen LogP contribution in [0.3, 0.4) is 0 Å². The average molecular weight is 263 g/mol. The maximum Gasteiger partial charge on any atom is 0.220 e. The van der Waals surface area contributed by atoms with Gasteiger partial charge in [0.25, 0.3) is 0 Å². The van der Waals surface area contributed by atoms with E-state index in [0.29, 0.717) is 12.8 Å². The van der Waals surface area contributed by atoms with Crippen LogP contribution in [-0.2, 0) is 4.79 Å². The minimum Gasteiger partial charge on any atom is -0.396 e. The highest BCUT2D eigenvalue weighted by Crippen LogP contribution is 2.29. The normalized spacial score (nSPS) is 13.1. The summed E-state index contributed by atoms with van der Waals surface area (Å²) in [5.74, 6) is 0.00662. The Hall–Kier alpha value is -1.35. The zero-order chi connectivity index (χ0) is 14.3. The van der Waals surface area contributed by atoms with Crippen LogP contribution in [0.2, 0.25) is 0 Å². The van der Waals surface area contributed by atoms with Gasteiger partial charge in [0, 0.05) is 13.0 Å². The first kappa shape index (κ1) is 15.7. The molecule has 1 rings (SSSR count).